The maximum absolute atomic E-state index is 10.2. The van der Waals surface area contributed by atoms with Crippen molar-refractivity contribution in [2.75, 3.05) is 39.3 Å². The molecule has 0 bridgehead atoms. The number of ether oxygens (including phenoxy) is 2. The Balaban J connectivity index is 1.06. The fourth-order valence-corrected chi connectivity index (χ4v) is 8.59. The molecule has 1 saturated carbocycles. The number of phenolic OH excluding ortho intramolecular Hbond substituents is 1. The molecule has 0 radical (unpaired) electrons. The molecule has 3 aromatic carbocycles. The number of fused-ring (bicyclic) bond motifs is 1. The Hall–Kier alpha value is -3.06. The molecule has 0 amide bonds. The van der Waals surface area contributed by atoms with E-state index in [0.717, 1.165) is 42.2 Å². The predicted molar refractivity (Wildman–Crippen MR) is 177 cm³/mol. The average Bonchev–Trinajstić information content (AvgIpc) is 3.80. The number of hydrogen-bond donors (Lipinski definition) is 1. The van der Waals surface area contributed by atoms with Crippen molar-refractivity contribution in [3.63, 3.8) is 0 Å². The summed E-state index contributed by atoms with van der Waals surface area (Å²) >= 11 is 1.75. The monoisotopic (exact) mass is 596 g/mol. The molecule has 43 heavy (non-hydrogen) atoms. The van der Waals surface area contributed by atoms with Gasteiger partial charge in [0.15, 0.2) is 0 Å². The standard InChI is InChI=1S/C37H44N2O3S/c40-29-13-18-32-33(25-27-9-14-31(15-10-27)42-35-8-6-7-34(35)39-21-2-1-3-22-39)37(43-36(32)26-29)28-11-16-30(17-12-28)41-24-23-38-19-4-5-20-38/h9-18,26,34-35,40H,1-8,19-25H2/t34-,35-/m0/s1. The molecule has 7 rings (SSSR count). The second kappa shape index (κ2) is 13.3. The molecule has 4 aromatic rings. The molecule has 3 aliphatic rings. The van der Waals surface area contributed by atoms with Crippen molar-refractivity contribution in [1.82, 2.24) is 9.80 Å². The van der Waals surface area contributed by atoms with Gasteiger partial charge in [-0.2, -0.15) is 0 Å². The van der Waals surface area contributed by atoms with Gasteiger partial charge in [0.1, 0.15) is 30.0 Å². The molecule has 1 aliphatic carbocycles. The minimum absolute atomic E-state index is 0.302. The molecule has 0 spiro atoms. The second-order valence-corrected chi connectivity index (χ2v) is 13.6. The van der Waals surface area contributed by atoms with Crippen molar-refractivity contribution in [3.05, 3.63) is 77.9 Å². The number of phenols is 1. The summed E-state index contributed by atoms with van der Waals surface area (Å²) in [5.41, 5.74) is 3.76. The Morgan fingerprint density at radius 2 is 1.51 bits per heavy atom. The average molecular weight is 597 g/mol. The van der Waals surface area contributed by atoms with Gasteiger partial charge >= 0.3 is 0 Å². The van der Waals surface area contributed by atoms with Gasteiger partial charge in [-0.1, -0.05) is 18.6 Å². The fraction of sp³-hybridized carbons (Fsp3) is 0.459. The Bertz CT molecular complexity index is 1490. The van der Waals surface area contributed by atoms with E-state index in [-0.39, 0.29) is 0 Å². The van der Waals surface area contributed by atoms with Crippen LogP contribution in [0.15, 0.2) is 66.7 Å². The van der Waals surface area contributed by atoms with E-state index >= 15 is 0 Å². The first-order valence-electron chi connectivity index (χ1n) is 16.4. The number of likely N-dealkylation sites (tertiary alicyclic amines) is 2. The largest absolute Gasteiger partial charge is 0.508 e. The van der Waals surface area contributed by atoms with E-state index in [0.29, 0.717) is 17.9 Å². The van der Waals surface area contributed by atoms with Crippen LogP contribution in [0.2, 0.25) is 0 Å². The number of nitrogens with zero attached hydrogens (tertiary/aromatic N) is 2. The molecule has 1 N–H and O–H groups in total. The molecule has 1 aromatic heterocycles. The van der Waals surface area contributed by atoms with E-state index in [2.05, 4.69) is 64.4 Å². The minimum Gasteiger partial charge on any atom is -0.508 e. The Kier molecular flexibility index (Phi) is 8.87. The first-order chi connectivity index (χ1) is 21.2. The van der Waals surface area contributed by atoms with Gasteiger partial charge in [0.05, 0.1) is 0 Å². The van der Waals surface area contributed by atoms with Crippen LogP contribution >= 0.6 is 11.3 Å². The summed E-state index contributed by atoms with van der Waals surface area (Å²) in [5.74, 6) is 2.21. The molecule has 2 saturated heterocycles. The number of thiophene rings is 1. The van der Waals surface area contributed by atoms with Crippen molar-refractivity contribution in [1.29, 1.82) is 0 Å². The Morgan fingerprint density at radius 3 is 2.30 bits per heavy atom. The minimum atomic E-state index is 0.302. The SMILES string of the molecule is Oc1ccc2c(Cc3ccc(O[C@H]4CCC[C@@H]4N4CCCCC4)cc3)c(-c3ccc(OCCN4CCCC4)cc3)sc2c1. The molecule has 226 valence electrons. The van der Waals surface area contributed by atoms with Crippen molar-refractivity contribution in [3.8, 4) is 27.7 Å². The lowest BCUT2D eigenvalue weighted by molar-refractivity contribution is 0.0739. The lowest BCUT2D eigenvalue weighted by Gasteiger charge is -2.35. The van der Waals surface area contributed by atoms with E-state index < -0.39 is 0 Å². The first kappa shape index (κ1) is 28.7. The zero-order chi connectivity index (χ0) is 29.0. The van der Waals surface area contributed by atoms with Crippen molar-refractivity contribution >= 4 is 21.4 Å². The van der Waals surface area contributed by atoms with Crippen molar-refractivity contribution in [2.45, 2.75) is 69.9 Å². The maximum Gasteiger partial charge on any atom is 0.119 e. The van der Waals surface area contributed by atoms with Gasteiger partial charge in [-0.3, -0.25) is 9.80 Å². The van der Waals surface area contributed by atoms with Gasteiger partial charge in [-0.25, -0.2) is 0 Å². The van der Waals surface area contributed by atoms with Crippen LogP contribution < -0.4 is 9.47 Å². The third kappa shape index (κ3) is 6.72. The Morgan fingerprint density at radius 1 is 0.767 bits per heavy atom. The normalized spacial score (nSPS) is 21.5. The zero-order valence-corrected chi connectivity index (χ0v) is 26.0. The quantitative estimate of drug-likeness (QED) is 0.200. The van der Waals surface area contributed by atoms with Gasteiger partial charge in [0.25, 0.3) is 0 Å². The van der Waals surface area contributed by atoms with Gasteiger partial charge < -0.3 is 14.6 Å². The summed E-state index contributed by atoms with van der Waals surface area (Å²) in [7, 11) is 0. The maximum atomic E-state index is 10.2. The molecular formula is C37H44N2O3S. The van der Waals surface area contributed by atoms with Crippen molar-refractivity contribution in [2.24, 2.45) is 0 Å². The second-order valence-electron chi connectivity index (χ2n) is 12.6. The highest BCUT2D eigenvalue weighted by Crippen LogP contribution is 2.42. The molecule has 2 atom stereocenters. The van der Waals surface area contributed by atoms with Gasteiger partial charge in [0.2, 0.25) is 0 Å². The molecule has 6 heteroatoms. The van der Waals surface area contributed by atoms with Crippen LogP contribution in [-0.2, 0) is 6.42 Å². The molecule has 5 nitrogen and oxygen atoms in total. The zero-order valence-electron chi connectivity index (χ0n) is 25.2. The molecule has 2 aliphatic heterocycles. The summed E-state index contributed by atoms with van der Waals surface area (Å²) in [4.78, 5) is 6.41. The highest BCUT2D eigenvalue weighted by molar-refractivity contribution is 7.22. The fourth-order valence-electron chi connectivity index (χ4n) is 7.33. The number of rotatable bonds is 10. The van der Waals surface area contributed by atoms with Gasteiger partial charge in [0, 0.05) is 22.2 Å². The van der Waals surface area contributed by atoms with Gasteiger partial charge in [-0.15, -0.1) is 11.3 Å². The van der Waals surface area contributed by atoms with Crippen LogP contribution in [0.3, 0.4) is 0 Å². The van der Waals surface area contributed by atoms with Crippen LogP contribution in [-0.4, -0.2) is 66.4 Å². The van der Waals surface area contributed by atoms with E-state index in [1.165, 1.54) is 98.1 Å². The van der Waals surface area contributed by atoms with Crippen LogP contribution in [0, 0.1) is 0 Å². The van der Waals surface area contributed by atoms with Crippen molar-refractivity contribution < 1.29 is 14.6 Å². The summed E-state index contributed by atoms with van der Waals surface area (Å²) in [5, 5.41) is 11.4. The van der Waals surface area contributed by atoms with Gasteiger partial charge in [-0.05, 0) is 154 Å². The number of aromatic hydroxyl groups is 1. The van der Waals surface area contributed by atoms with E-state index in [4.69, 9.17) is 9.47 Å². The highest BCUT2D eigenvalue weighted by Gasteiger charge is 2.34. The molecular weight excluding hydrogens is 552 g/mol. The molecule has 0 unspecified atom stereocenters. The lowest BCUT2D eigenvalue weighted by Crippen LogP contribution is -2.45. The topological polar surface area (TPSA) is 45.2 Å². The van der Waals surface area contributed by atoms with E-state index in [1.54, 1.807) is 17.4 Å². The molecule has 3 heterocycles. The van der Waals surface area contributed by atoms with Crippen LogP contribution in [0.4, 0.5) is 0 Å². The summed E-state index contributed by atoms with van der Waals surface area (Å²) in [6.07, 6.45) is 11.5. The van der Waals surface area contributed by atoms with E-state index in [9.17, 15) is 5.11 Å². The van der Waals surface area contributed by atoms with Crippen LogP contribution in [0.5, 0.6) is 17.2 Å². The number of piperidine rings is 1. The van der Waals surface area contributed by atoms with Crippen LogP contribution in [0.1, 0.15) is 62.5 Å². The molecule has 3 fully saturated rings. The summed E-state index contributed by atoms with van der Waals surface area (Å²) in [6.45, 7) is 6.57. The number of benzene rings is 3. The van der Waals surface area contributed by atoms with Crippen LogP contribution in [0.25, 0.3) is 20.5 Å². The third-order valence-electron chi connectivity index (χ3n) is 9.64. The summed E-state index contributed by atoms with van der Waals surface area (Å²) < 4.78 is 13.8. The van der Waals surface area contributed by atoms with E-state index in [1.807, 2.05) is 6.07 Å². The predicted octanol–water partition coefficient (Wildman–Crippen LogP) is 8.13. The summed E-state index contributed by atoms with van der Waals surface area (Å²) in [6, 6.07) is 23.6. The lowest BCUT2D eigenvalue weighted by atomic mass is 9.98. The smallest absolute Gasteiger partial charge is 0.119 e. The highest BCUT2D eigenvalue weighted by atomic mass is 32.1. The number of hydrogen-bond acceptors (Lipinski definition) is 6. The third-order valence-corrected chi connectivity index (χ3v) is 10.9. The first-order valence-corrected chi connectivity index (χ1v) is 17.2. The Labute approximate surface area is 260 Å².